The molecule has 0 aliphatic carbocycles. The Morgan fingerprint density at radius 2 is 1.97 bits per heavy atom. The van der Waals surface area contributed by atoms with Gasteiger partial charge in [0.15, 0.2) is 11.6 Å². The highest BCUT2D eigenvalue weighted by Crippen LogP contribution is 2.38. The number of ether oxygens (including phenoxy) is 1. The summed E-state index contributed by atoms with van der Waals surface area (Å²) in [4.78, 5) is 13.0. The van der Waals surface area contributed by atoms with Crippen molar-refractivity contribution < 1.29 is 28.5 Å². The molecule has 1 saturated heterocycles. The topological polar surface area (TPSA) is 82.0 Å². The number of amides is 1. The van der Waals surface area contributed by atoms with Gasteiger partial charge in [-0.2, -0.15) is 0 Å². The lowest BCUT2D eigenvalue weighted by Crippen LogP contribution is -2.58. The van der Waals surface area contributed by atoms with Gasteiger partial charge in [0.25, 0.3) is 0 Å². The molecule has 2 heterocycles. The standard InChI is InChI=1S/C20H18Cl2F2N2O4/c21-10-5-13(23)19(14(24)6-10)26-4-3-20(29,16(27)8-26)9-30-15-2-1-12(22)18-11(15)7-17(28)25-18/h1-2,5-6,16,27,29H,3-4,7-9H2,(H,25,28)/t16-,20-/m1/s1. The van der Waals surface area contributed by atoms with E-state index in [2.05, 4.69) is 5.32 Å². The first-order chi connectivity index (χ1) is 14.2. The lowest BCUT2D eigenvalue weighted by molar-refractivity contribution is -0.115. The molecule has 3 N–H and O–H groups in total. The summed E-state index contributed by atoms with van der Waals surface area (Å²) >= 11 is 11.7. The van der Waals surface area contributed by atoms with Crippen LogP contribution in [0.25, 0.3) is 0 Å². The number of carbonyl (C=O) groups excluding carboxylic acids is 1. The maximum atomic E-state index is 14.2. The van der Waals surface area contributed by atoms with Crippen molar-refractivity contribution in [2.75, 3.05) is 29.9 Å². The molecule has 30 heavy (non-hydrogen) atoms. The van der Waals surface area contributed by atoms with E-state index in [0.29, 0.717) is 22.0 Å². The number of hydrogen-bond donors (Lipinski definition) is 3. The predicted octanol–water partition coefficient (Wildman–Crippen LogP) is 3.15. The quantitative estimate of drug-likeness (QED) is 0.655. The van der Waals surface area contributed by atoms with E-state index in [4.69, 9.17) is 27.9 Å². The van der Waals surface area contributed by atoms with Gasteiger partial charge in [0.1, 0.15) is 29.7 Å². The number of β-amino-alcohol motifs (C(OH)–C–C–N with tert-alkyl or cyclic N) is 1. The Balaban J connectivity index is 1.48. The number of halogens is 4. The van der Waals surface area contributed by atoms with Crippen molar-refractivity contribution in [3.05, 3.63) is 51.5 Å². The van der Waals surface area contributed by atoms with Gasteiger partial charge >= 0.3 is 0 Å². The number of benzene rings is 2. The third-order valence-corrected chi connectivity index (χ3v) is 5.96. The first kappa shape index (κ1) is 21.1. The molecule has 1 fully saturated rings. The molecule has 2 atom stereocenters. The number of piperidine rings is 1. The first-order valence-electron chi connectivity index (χ1n) is 9.22. The molecule has 2 aromatic rings. The van der Waals surface area contributed by atoms with Crippen molar-refractivity contribution in [1.82, 2.24) is 0 Å². The summed E-state index contributed by atoms with van der Waals surface area (Å²) in [6.07, 6.45) is -1.24. The maximum absolute atomic E-state index is 14.2. The van der Waals surface area contributed by atoms with Crippen molar-refractivity contribution in [2.24, 2.45) is 0 Å². The second-order valence-corrected chi connectivity index (χ2v) is 8.29. The van der Waals surface area contributed by atoms with Crippen molar-refractivity contribution >= 4 is 40.5 Å². The summed E-state index contributed by atoms with van der Waals surface area (Å²) in [5.74, 6) is -1.54. The largest absolute Gasteiger partial charge is 0.490 e. The summed E-state index contributed by atoms with van der Waals surface area (Å²) in [7, 11) is 0. The van der Waals surface area contributed by atoms with Crippen LogP contribution >= 0.6 is 23.2 Å². The molecule has 0 radical (unpaired) electrons. The summed E-state index contributed by atoms with van der Waals surface area (Å²) < 4.78 is 34.1. The van der Waals surface area contributed by atoms with Gasteiger partial charge in [-0.25, -0.2) is 8.78 Å². The number of nitrogens with zero attached hydrogens (tertiary/aromatic N) is 1. The Labute approximate surface area is 181 Å². The molecule has 0 saturated carbocycles. The van der Waals surface area contributed by atoms with E-state index in [1.54, 1.807) is 12.1 Å². The normalized spacial score (nSPS) is 23.3. The van der Waals surface area contributed by atoms with E-state index in [-0.39, 0.29) is 49.2 Å². The van der Waals surface area contributed by atoms with Gasteiger partial charge in [0.2, 0.25) is 5.91 Å². The van der Waals surface area contributed by atoms with E-state index < -0.39 is 23.3 Å². The lowest BCUT2D eigenvalue weighted by atomic mass is 9.89. The molecule has 0 unspecified atom stereocenters. The maximum Gasteiger partial charge on any atom is 0.229 e. The average molecular weight is 459 g/mol. The fraction of sp³-hybridized carbons (Fsp3) is 0.350. The van der Waals surface area contributed by atoms with Crippen LogP contribution < -0.4 is 15.0 Å². The molecule has 0 bridgehead atoms. The van der Waals surface area contributed by atoms with Crippen LogP contribution in [0.15, 0.2) is 24.3 Å². The van der Waals surface area contributed by atoms with Crippen LogP contribution in [0, 0.1) is 11.6 Å². The second-order valence-electron chi connectivity index (χ2n) is 7.45. The van der Waals surface area contributed by atoms with Gasteiger partial charge in [-0.3, -0.25) is 4.79 Å². The van der Waals surface area contributed by atoms with E-state index in [1.165, 1.54) is 4.90 Å². The fourth-order valence-electron chi connectivity index (χ4n) is 3.77. The van der Waals surface area contributed by atoms with Crippen LogP contribution in [0.4, 0.5) is 20.2 Å². The molecule has 2 aromatic carbocycles. The van der Waals surface area contributed by atoms with Gasteiger partial charge in [0, 0.05) is 23.7 Å². The van der Waals surface area contributed by atoms with Crippen molar-refractivity contribution in [3.63, 3.8) is 0 Å². The van der Waals surface area contributed by atoms with Crippen molar-refractivity contribution in [2.45, 2.75) is 24.5 Å². The molecule has 2 aliphatic heterocycles. The monoisotopic (exact) mass is 458 g/mol. The lowest BCUT2D eigenvalue weighted by Gasteiger charge is -2.42. The van der Waals surface area contributed by atoms with Crippen molar-refractivity contribution in [3.8, 4) is 5.75 Å². The minimum atomic E-state index is -1.64. The van der Waals surface area contributed by atoms with Crippen molar-refractivity contribution in [1.29, 1.82) is 0 Å². The zero-order valence-electron chi connectivity index (χ0n) is 15.6. The van der Waals surface area contributed by atoms with Crippen LogP contribution in [-0.4, -0.2) is 47.5 Å². The SMILES string of the molecule is O=C1Cc2c(OC[C@]3(O)CCN(c4c(F)cc(Cl)cc4F)C[C@H]3O)ccc(Cl)c2N1. The van der Waals surface area contributed by atoms with Crippen LogP contribution in [0.1, 0.15) is 12.0 Å². The predicted molar refractivity (Wildman–Crippen MR) is 108 cm³/mol. The minimum absolute atomic E-state index is 0.00261. The first-order valence-corrected chi connectivity index (χ1v) is 9.97. The molecule has 0 spiro atoms. The van der Waals surface area contributed by atoms with E-state index in [0.717, 1.165) is 12.1 Å². The minimum Gasteiger partial charge on any atom is -0.490 e. The zero-order chi connectivity index (χ0) is 21.6. The molecule has 6 nitrogen and oxygen atoms in total. The Bertz CT molecular complexity index is 1000. The van der Waals surface area contributed by atoms with Gasteiger partial charge < -0.3 is 25.2 Å². The Kier molecular flexibility index (Phi) is 5.52. The second kappa shape index (κ2) is 7.85. The Morgan fingerprint density at radius 1 is 1.27 bits per heavy atom. The number of aliphatic hydroxyl groups excluding tert-OH is 1. The number of rotatable bonds is 4. The number of aliphatic hydroxyl groups is 2. The van der Waals surface area contributed by atoms with Crippen LogP contribution in [0.3, 0.4) is 0 Å². The highest BCUT2D eigenvalue weighted by Gasteiger charge is 2.43. The number of anilines is 2. The van der Waals surface area contributed by atoms with Gasteiger partial charge in [-0.15, -0.1) is 0 Å². The van der Waals surface area contributed by atoms with Gasteiger partial charge in [0.05, 0.1) is 17.1 Å². The van der Waals surface area contributed by atoms with Crippen LogP contribution in [0.5, 0.6) is 5.75 Å². The van der Waals surface area contributed by atoms with E-state index >= 15 is 0 Å². The number of carbonyl (C=O) groups is 1. The molecule has 1 amide bonds. The smallest absolute Gasteiger partial charge is 0.229 e. The molecule has 2 aliphatic rings. The molecule has 0 aromatic heterocycles. The zero-order valence-corrected chi connectivity index (χ0v) is 17.1. The van der Waals surface area contributed by atoms with Crippen LogP contribution in [0.2, 0.25) is 10.0 Å². The molecule has 10 heteroatoms. The molecule has 4 rings (SSSR count). The molecular weight excluding hydrogens is 441 g/mol. The van der Waals surface area contributed by atoms with E-state index in [1.807, 2.05) is 0 Å². The summed E-state index contributed by atoms with van der Waals surface area (Å²) in [6, 6.07) is 5.14. The highest BCUT2D eigenvalue weighted by atomic mass is 35.5. The summed E-state index contributed by atoms with van der Waals surface area (Å²) in [5.41, 5.74) is -0.900. The third kappa shape index (κ3) is 3.80. The summed E-state index contributed by atoms with van der Waals surface area (Å²) in [6.45, 7) is -0.380. The number of fused-ring (bicyclic) bond motifs is 1. The van der Waals surface area contributed by atoms with E-state index in [9.17, 15) is 23.8 Å². The number of nitrogens with one attached hydrogen (secondary N) is 1. The molecular formula is C20H18Cl2F2N2O4. The van der Waals surface area contributed by atoms with Gasteiger partial charge in [-0.1, -0.05) is 23.2 Å². The average Bonchev–Trinajstić information content (AvgIpc) is 3.06. The third-order valence-electron chi connectivity index (χ3n) is 5.42. The highest BCUT2D eigenvalue weighted by molar-refractivity contribution is 6.34. The number of hydrogen-bond acceptors (Lipinski definition) is 5. The molecule has 160 valence electrons. The fourth-order valence-corrected chi connectivity index (χ4v) is 4.18. The van der Waals surface area contributed by atoms with Crippen LogP contribution in [-0.2, 0) is 11.2 Å². The van der Waals surface area contributed by atoms with Gasteiger partial charge in [-0.05, 0) is 30.7 Å². The Morgan fingerprint density at radius 3 is 2.63 bits per heavy atom. The summed E-state index contributed by atoms with van der Waals surface area (Å²) in [5, 5.41) is 24.4. The Hall–Kier alpha value is -2.13.